The summed E-state index contributed by atoms with van der Waals surface area (Å²) in [5.74, 6) is 0.0324. The Morgan fingerprint density at radius 2 is 2.10 bits per heavy atom. The van der Waals surface area contributed by atoms with Gasteiger partial charge in [0.15, 0.2) is 11.5 Å². The van der Waals surface area contributed by atoms with Crippen LogP contribution in [0, 0.1) is 0 Å². The van der Waals surface area contributed by atoms with E-state index in [-0.39, 0.29) is 5.69 Å². The number of methoxy groups -OCH3 is 1. The molecule has 1 aliphatic rings. The quantitative estimate of drug-likeness (QED) is 0.932. The van der Waals surface area contributed by atoms with Gasteiger partial charge in [0.1, 0.15) is 5.75 Å². The van der Waals surface area contributed by atoms with Crippen molar-refractivity contribution in [2.75, 3.05) is 25.1 Å². The van der Waals surface area contributed by atoms with Gasteiger partial charge in [0.2, 0.25) is 0 Å². The largest absolute Gasteiger partial charge is 0.497 e. The molecule has 0 saturated carbocycles. The standard InChI is InChI=1S/C15H16N2O4/c1-20-10-4-5-13(17-6-2-3-7-17)11(8-10)14-9-12(15(18)19)16-21-14/h4-5,8-9H,2-3,6-7H2,1H3,(H,18,19). The van der Waals surface area contributed by atoms with Crippen LogP contribution in [-0.2, 0) is 0 Å². The molecule has 0 amide bonds. The molecular weight excluding hydrogens is 272 g/mol. The van der Waals surface area contributed by atoms with Gasteiger partial charge in [0.05, 0.1) is 7.11 Å². The highest BCUT2D eigenvalue weighted by Crippen LogP contribution is 2.36. The van der Waals surface area contributed by atoms with E-state index < -0.39 is 5.97 Å². The Hall–Kier alpha value is -2.50. The molecule has 1 aromatic carbocycles. The summed E-state index contributed by atoms with van der Waals surface area (Å²) in [6, 6.07) is 7.16. The van der Waals surface area contributed by atoms with E-state index >= 15 is 0 Å². The van der Waals surface area contributed by atoms with E-state index in [1.54, 1.807) is 7.11 Å². The number of hydrogen-bond donors (Lipinski definition) is 1. The van der Waals surface area contributed by atoms with E-state index in [1.165, 1.54) is 6.07 Å². The molecule has 2 aromatic rings. The highest BCUT2D eigenvalue weighted by atomic mass is 16.5. The van der Waals surface area contributed by atoms with Crippen molar-refractivity contribution in [1.29, 1.82) is 0 Å². The molecule has 2 heterocycles. The second kappa shape index (κ2) is 5.47. The Kier molecular flexibility index (Phi) is 3.51. The van der Waals surface area contributed by atoms with Crippen molar-refractivity contribution in [1.82, 2.24) is 5.16 Å². The third kappa shape index (κ3) is 2.56. The number of ether oxygens (including phenoxy) is 1. The van der Waals surface area contributed by atoms with Crippen LogP contribution in [0.4, 0.5) is 5.69 Å². The van der Waals surface area contributed by atoms with Crippen molar-refractivity contribution in [3.05, 3.63) is 30.0 Å². The minimum atomic E-state index is -1.10. The zero-order valence-electron chi connectivity index (χ0n) is 11.7. The van der Waals surface area contributed by atoms with Crippen LogP contribution in [0.15, 0.2) is 28.8 Å². The third-order valence-corrected chi connectivity index (χ3v) is 3.65. The van der Waals surface area contributed by atoms with Crippen LogP contribution in [-0.4, -0.2) is 36.4 Å². The monoisotopic (exact) mass is 288 g/mol. The number of aromatic nitrogens is 1. The number of carboxylic acids is 1. The molecule has 6 nitrogen and oxygen atoms in total. The lowest BCUT2D eigenvalue weighted by atomic mass is 10.1. The van der Waals surface area contributed by atoms with E-state index in [4.69, 9.17) is 14.4 Å². The fourth-order valence-electron chi connectivity index (χ4n) is 2.58. The molecule has 1 saturated heterocycles. The normalized spacial score (nSPS) is 14.4. The Balaban J connectivity index is 2.06. The second-order valence-corrected chi connectivity index (χ2v) is 4.96. The summed E-state index contributed by atoms with van der Waals surface area (Å²) in [7, 11) is 1.59. The number of carboxylic acid groups (broad SMARTS) is 1. The lowest BCUT2D eigenvalue weighted by molar-refractivity contribution is 0.0686. The molecule has 6 heteroatoms. The van der Waals surface area contributed by atoms with Crippen LogP contribution in [0.3, 0.4) is 0 Å². The lowest BCUT2D eigenvalue weighted by Gasteiger charge is -2.20. The summed E-state index contributed by atoms with van der Waals surface area (Å²) < 4.78 is 10.5. The maximum absolute atomic E-state index is 11.0. The summed E-state index contributed by atoms with van der Waals surface area (Å²) in [6.07, 6.45) is 2.31. The van der Waals surface area contributed by atoms with Gasteiger partial charge in [-0.25, -0.2) is 4.79 Å². The molecule has 0 bridgehead atoms. The van der Waals surface area contributed by atoms with Gasteiger partial charge in [0, 0.05) is 30.4 Å². The highest BCUT2D eigenvalue weighted by Gasteiger charge is 2.21. The maximum Gasteiger partial charge on any atom is 0.358 e. The van der Waals surface area contributed by atoms with Gasteiger partial charge in [-0.2, -0.15) is 0 Å². The molecule has 0 spiro atoms. The SMILES string of the molecule is COc1ccc(N2CCCC2)c(-c2cc(C(=O)O)no2)c1. The van der Waals surface area contributed by atoms with Crippen LogP contribution >= 0.6 is 0 Å². The number of rotatable bonds is 4. The smallest absolute Gasteiger partial charge is 0.358 e. The van der Waals surface area contributed by atoms with Crippen LogP contribution < -0.4 is 9.64 Å². The van der Waals surface area contributed by atoms with Gasteiger partial charge in [0.25, 0.3) is 0 Å². The number of hydrogen-bond acceptors (Lipinski definition) is 5. The summed E-state index contributed by atoms with van der Waals surface area (Å²) in [4.78, 5) is 13.2. The summed E-state index contributed by atoms with van der Waals surface area (Å²) in [6.45, 7) is 1.97. The van der Waals surface area contributed by atoms with Gasteiger partial charge in [-0.05, 0) is 31.0 Å². The number of anilines is 1. The molecule has 0 atom stereocenters. The second-order valence-electron chi connectivity index (χ2n) is 4.96. The van der Waals surface area contributed by atoms with E-state index in [0.717, 1.165) is 37.2 Å². The van der Waals surface area contributed by atoms with Gasteiger partial charge >= 0.3 is 5.97 Å². The van der Waals surface area contributed by atoms with E-state index in [2.05, 4.69) is 10.1 Å². The number of aromatic carboxylic acids is 1. The minimum Gasteiger partial charge on any atom is -0.497 e. The Labute approximate surface area is 121 Å². The predicted molar refractivity (Wildman–Crippen MR) is 76.9 cm³/mol. The van der Waals surface area contributed by atoms with E-state index in [1.807, 2.05) is 18.2 Å². The molecule has 1 aromatic heterocycles. The summed E-state index contributed by atoms with van der Waals surface area (Å²) >= 11 is 0. The number of nitrogens with zero attached hydrogens (tertiary/aromatic N) is 2. The van der Waals surface area contributed by atoms with Crippen molar-refractivity contribution in [2.24, 2.45) is 0 Å². The summed E-state index contributed by atoms with van der Waals surface area (Å²) in [5.41, 5.74) is 1.72. The van der Waals surface area contributed by atoms with Crippen molar-refractivity contribution >= 4 is 11.7 Å². The highest BCUT2D eigenvalue weighted by molar-refractivity contribution is 5.87. The van der Waals surface area contributed by atoms with Gasteiger partial charge in [-0.3, -0.25) is 0 Å². The Morgan fingerprint density at radius 1 is 1.33 bits per heavy atom. The predicted octanol–water partition coefficient (Wildman–Crippen LogP) is 2.65. The molecule has 21 heavy (non-hydrogen) atoms. The average Bonchev–Trinajstić information content (AvgIpc) is 3.18. The Bertz CT molecular complexity index is 659. The summed E-state index contributed by atoms with van der Waals surface area (Å²) in [5, 5.41) is 12.6. The first-order valence-electron chi connectivity index (χ1n) is 6.82. The van der Waals surface area contributed by atoms with Crippen molar-refractivity contribution < 1.29 is 19.2 Å². The van der Waals surface area contributed by atoms with Crippen LogP contribution in [0.25, 0.3) is 11.3 Å². The molecular formula is C15H16N2O4. The van der Waals surface area contributed by atoms with Crippen molar-refractivity contribution in [2.45, 2.75) is 12.8 Å². The topological polar surface area (TPSA) is 75.8 Å². The van der Waals surface area contributed by atoms with Crippen molar-refractivity contribution in [3.63, 3.8) is 0 Å². The first-order valence-corrected chi connectivity index (χ1v) is 6.82. The van der Waals surface area contributed by atoms with Crippen LogP contribution in [0.1, 0.15) is 23.3 Å². The first kappa shape index (κ1) is 13.5. The molecule has 110 valence electrons. The zero-order chi connectivity index (χ0) is 14.8. The molecule has 3 rings (SSSR count). The molecule has 0 aliphatic carbocycles. The molecule has 0 unspecified atom stereocenters. The van der Waals surface area contributed by atoms with Gasteiger partial charge in [-0.1, -0.05) is 5.16 Å². The maximum atomic E-state index is 11.0. The van der Waals surface area contributed by atoms with Crippen LogP contribution in [0.5, 0.6) is 5.75 Å². The fourth-order valence-corrected chi connectivity index (χ4v) is 2.58. The minimum absolute atomic E-state index is 0.0970. The molecule has 0 radical (unpaired) electrons. The zero-order valence-corrected chi connectivity index (χ0v) is 11.7. The van der Waals surface area contributed by atoms with E-state index in [9.17, 15) is 4.79 Å². The number of benzene rings is 1. The van der Waals surface area contributed by atoms with Crippen molar-refractivity contribution in [3.8, 4) is 17.1 Å². The van der Waals surface area contributed by atoms with E-state index in [0.29, 0.717) is 11.5 Å². The third-order valence-electron chi connectivity index (χ3n) is 3.65. The lowest BCUT2D eigenvalue weighted by Crippen LogP contribution is -2.18. The molecule has 1 N–H and O–H groups in total. The fraction of sp³-hybridized carbons (Fsp3) is 0.333. The Morgan fingerprint density at radius 3 is 2.71 bits per heavy atom. The van der Waals surface area contributed by atoms with Crippen LogP contribution in [0.2, 0.25) is 0 Å². The van der Waals surface area contributed by atoms with Gasteiger partial charge < -0.3 is 19.3 Å². The molecule has 1 aliphatic heterocycles. The number of carbonyl (C=O) groups is 1. The van der Waals surface area contributed by atoms with Gasteiger partial charge in [-0.15, -0.1) is 0 Å². The molecule has 1 fully saturated rings. The first-order chi connectivity index (χ1) is 10.2. The average molecular weight is 288 g/mol.